The van der Waals surface area contributed by atoms with Crippen molar-refractivity contribution in [2.75, 3.05) is 20.1 Å². The van der Waals surface area contributed by atoms with Crippen LogP contribution in [0.5, 0.6) is 0 Å². The quantitative estimate of drug-likeness (QED) is 0.834. The molecular weight excluding hydrogens is 255 g/mol. The molecule has 0 saturated heterocycles. The Morgan fingerprint density at radius 3 is 2.25 bits per heavy atom. The van der Waals surface area contributed by atoms with Gasteiger partial charge in [-0.3, -0.25) is 4.79 Å². The lowest BCUT2D eigenvalue weighted by atomic mass is 9.81. The van der Waals surface area contributed by atoms with Gasteiger partial charge in [0.25, 0.3) is 0 Å². The van der Waals surface area contributed by atoms with Gasteiger partial charge in [0.1, 0.15) is 5.82 Å². The van der Waals surface area contributed by atoms with E-state index in [1.165, 1.54) is 12.1 Å². The highest BCUT2D eigenvalue weighted by Gasteiger charge is 2.35. The fraction of sp³-hybridized carbons (Fsp3) is 0.562. The second-order valence-corrected chi connectivity index (χ2v) is 5.29. The average molecular weight is 280 g/mol. The van der Waals surface area contributed by atoms with Crippen molar-refractivity contribution in [3.05, 3.63) is 35.6 Å². The van der Waals surface area contributed by atoms with Gasteiger partial charge >= 0.3 is 0 Å². The van der Waals surface area contributed by atoms with Gasteiger partial charge in [0.05, 0.1) is 5.41 Å². The molecule has 0 bridgehead atoms. The first-order valence-electron chi connectivity index (χ1n) is 7.19. The molecular formula is C16H25FN2O. The standard InChI is InChI=1S/C16H25FN2O/c1-4-16(5-2,12-18)15(20)19(3)11-10-13-6-8-14(17)9-7-13/h6-9H,4-5,10-12,18H2,1-3H3. The van der Waals surface area contributed by atoms with Crippen molar-refractivity contribution in [3.8, 4) is 0 Å². The summed E-state index contributed by atoms with van der Waals surface area (Å²) in [5.41, 5.74) is 6.38. The highest BCUT2D eigenvalue weighted by atomic mass is 19.1. The third-order valence-corrected chi connectivity index (χ3v) is 4.19. The predicted octanol–water partition coefficient (Wildman–Crippen LogP) is 2.59. The number of nitrogens with two attached hydrogens (primary N) is 1. The topological polar surface area (TPSA) is 46.3 Å². The zero-order valence-corrected chi connectivity index (χ0v) is 12.7. The Hall–Kier alpha value is -1.42. The first-order valence-corrected chi connectivity index (χ1v) is 7.19. The molecule has 2 N–H and O–H groups in total. The molecule has 0 aromatic heterocycles. The number of likely N-dealkylation sites (N-methyl/N-ethyl adjacent to an activating group) is 1. The van der Waals surface area contributed by atoms with Crippen molar-refractivity contribution in [3.63, 3.8) is 0 Å². The Bertz CT molecular complexity index is 418. The maximum atomic E-state index is 12.8. The largest absolute Gasteiger partial charge is 0.345 e. The maximum absolute atomic E-state index is 12.8. The molecule has 0 saturated carbocycles. The molecule has 4 heteroatoms. The average Bonchev–Trinajstić information content (AvgIpc) is 2.48. The van der Waals surface area contributed by atoms with Gasteiger partial charge in [-0.15, -0.1) is 0 Å². The molecule has 0 aliphatic heterocycles. The van der Waals surface area contributed by atoms with E-state index in [1.807, 2.05) is 20.9 Å². The molecule has 20 heavy (non-hydrogen) atoms. The number of carbonyl (C=O) groups is 1. The van der Waals surface area contributed by atoms with Crippen molar-refractivity contribution in [1.82, 2.24) is 4.90 Å². The highest BCUT2D eigenvalue weighted by molar-refractivity contribution is 5.82. The Labute approximate surface area is 121 Å². The molecule has 0 heterocycles. The van der Waals surface area contributed by atoms with Gasteiger partial charge in [-0.2, -0.15) is 0 Å². The molecule has 0 radical (unpaired) electrons. The van der Waals surface area contributed by atoms with Crippen LogP contribution >= 0.6 is 0 Å². The lowest BCUT2D eigenvalue weighted by Gasteiger charge is -2.33. The van der Waals surface area contributed by atoms with Gasteiger partial charge in [-0.05, 0) is 37.0 Å². The van der Waals surface area contributed by atoms with Gasteiger partial charge < -0.3 is 10.6 Å². The van der Waals surface area contributed by atoms with Crippen molar-refractivity contribution in [1.29, 1.82) is 0 Å². The maximum Gasteiger partial charge on any atom is 0.229 e. The lowest BCUT2D eigenvalue weighted by Crippen LogP contribution is -2.46. The normalized spacial score (nSPS) is 11.4. The summed E-state index contributed by atoms with van der Waals surface area (Å²) in [5.74, 6) is -0.135. The fourth-order valence-electron chi connectivity index (χ4n) is 2.38. The second-order valence-electron chi connectivity index (χ2n) is 5.29. The Kier molecular flexibility index (Phi) is 6.14. The molecule has 1 aromatic carbocycles. The molecule has 112 valence electrons. The summed E-state index contributed by atoms with van der Waals surface area (Å²) in [6.45, 7) is 5.00. The van der Waals surface area contributed by atoms with E-state index in [0.717, 1.165) is 24.8 Å². The van der Waals surface area contributed by atoms with Crippen LogP contribution in [-0.4, -0.2) is 30.9 Å². The fourth-order valence-corrected chi connectivity index (χ4v) is 2.38. The molecule has 1 aromatic rings. The minimum Gasteiger partial charge on any atom is -0.345 e. The zero-order chi connectivity index (χ0) is 15.2. The van der Waals surface area contributed by atoms with Gasteiger partial charge in [0.2, 0.25) is 5.91 Å². The van der Waals surface area contributed by atoms with Crippen LogP contribution < -0.4 is 5.73 Å². The van der Waals surface area contributed by atoms with Crippen LogP contribution in [0.4, 0.5) is 4.39 Å². The number of benzene rings is 1. The van der Waals surface area contributed by atoms with Crippen LogP contribution in [0, 0.1) is 11.2 Å². The Morgan fingerprint density at radius 1 is 1.25 bits per heavy atom. The van der Waals surface area contributed by atoms with Gasteiger partial charge in [-0.1, -0.05) is 26.0 Å². The highest BCUT2D eigenvalue weighted by Crippen LogP contribution is 2.27. The molecule has 3 nitrogen and oxygen atoms in total. The monoisotopic (exact) mass is 280 g/mol. The summed E-state index contributed by atoms with van der Waals surface area (Å²) in [6.07, 6.45) is 2.22. The van der Waals surface area contributed by atoms with Crippen LogP contribution in [0.15, 0.2) is 24.3 Å². The van der Waals surface area contributed by atoms with Crippen LogP contribution in [0.25, 0.3) is 0 Å². The molecule has 0 aliphatic carbocycles. The molecule has 1 rings (SSSR count). The Morgan fingerprint density at radius 2 is 1.80 bits per heavy atom. The molecule has 1 amide bonds. The lowest BCUT2D eigenvalue weighted by molar-refractivity contribution is -0.140. The number of hydrogen-bond acceptors (Lipinski definition) is 2. The zero-order valence-electron chi connectivity index (χ0n) is 12.7. The first kappa shape index (κ1) is 16.6. The summed E-state index contributed by atoms with van der Waals surface area (Å²) in [7, 11) is 1.81. The Balaban J connectivity index is 2.63. The van der Waals surface area contributed by atoms with Crippen LogP contribution in [0.2, 0.25) is 0 Å². The smallest absolute Gasteiger partial charge is 0.229 e. The molecule has 0 aliphatic rings. The summed E-state index contributed by atoms with van der Waals surface area (Å²) in [4.78, 5) is 14.3. The summed E-state index contributed by atoms with van der Waals surface area (Å²) < 4.78 is 12.8. The van der Waals surface area contributed by atoms with E-state index in [1.54, 1.807) is 17.0 Å². The summed E-state index contributed by atoms with van der Waals surface area (Å²) in [6, 6.07) is 6.39. The predicted molar refractivity (Wildman–Crippen MR) is 79.8 cm³/mol. The van der Waals surface area contributed by atoms with Gasteiger partial charge in [-0.25, -0.2) is 4.39 Å². The van der Waals surface area contributed by atoms with Crippen molar-refractivity contribution in [2.24, 2.45) is 11.1 Å². The van der Waals surface area contributed by atoms with E-state index in [2.05, 4.69) is 0 Å². The number of halogens is 1. The van der Waals surface area contributed by atoms with Crippen molar-refractivity contribution < 1.29 is 9.18 Å². The number of rotatable bonds is 7. The van der Waals surface area contributed by atoms with E-state index in [4.69, 9.17) is 5.73 Å². The van der Waals surface area contributed by atoms with Crippen molar-refractivity contribution in [2.45, 2.75) is 33.1 Å². The van der Waals surface area contributed by atoms with E-state index < -0.39 is 5.41 Å². The van der Waals surface area contributed by atoms with Crippen LogP contribution in [-0.2, 0) is 11.2 Å². The minimum atomic E-state index is -0.447. The summed E-state index contributed by atoms with van der Waals surface area (Å²) >= 11 is 0. The number of carbonyl (C=O) groups excluding carboxylic acids is 1. The van der Waals surface area contributed by atoms with Gasteiger partial charge in [0.15, 0.2) is 0 Å². The molecule has 0 fully saturated rings. The SMILES string of the molecule is CCC(CC)(CN)C(=O)N(C)CCc1ccc(F)cc1. The second kappa shape index (κ2) is 7.39. The van der Waals surface area contributed by atoms with E-state index in [-0.39, 0.29) is 11.7 Å². The number of hydrogen-bond donors (Lipinski definition) is 1. The number of nitrogens with zero attached hydrogens (tertiary/aromatic N) is 1. The third-order valence-electron chi connectivity index (χ3n) is 4.19. The van der Waals surface area contributed by atoms with Gasteiger partial charge in [0, 0.05) is 20.1 Å². The van der Waals surface area contributed by atoms with E-state index >= 15 is 0 Å². The van der Waals surface area contributed by atoms with E-state index in [0.29, 0.717) is 13.1 Å². The van der Waals surface area contributed by atoms with Crippen molar-refractivity contribution >= 4 is 5.91 Å². The summed E-state index contributed by atoms with van der Waals surface area (Å²) in [5, 5.41) is 0. The van der Waals surface area contributed by atoms with Crippen LogP contribution in [0.1, 0.15) is 32.3 Å². The molecule has 0 atom stereocenters. The molecule has 0 unspecified atom stereocenters. The minimum absolute atomic E-state index is 0.104. The van der Waals surface area contributed by atoms with E-state index in [9.17, 15) is 9.18 Å². The molecule has 0 spiro atoms. The first-order chi connectivity index (χ1) is 9.49. The van der Waals surface area contributed by atoms with Crippen LogP contribution in [0.3, 0.4) is 0 Å². The number of amides is 1. The third kappa shape index (κ3) is 3.79.